The topological polar surface area (TPSA) is 58.6 Å². The Morgan fingerprint density at radius 1 is 1.03 bits per heavy atom. The van der Waals surface area contributed by atoms with Crippen LogP contribution in [0.3, 0.4) is 0 Å². The molecule has 162 valence electrons. The monoisotopic (exact) mass is 410 g/mol. The van der Waals surface area contributed by atoms with E-state index >= 15 is 0 Å². The third kappa shape index (κ3) is 3.66. The van der Waals surface area contributed by atoms with Crippen LogP contribution in [-0.4, -0.2) is 49.1 Å². The molecule has 0 unspecified atom stereocenters. The molecule has 5 rings (SSSR count). The number of carbonyl (C=O) groups is 2. The first-order valence-electron chi connectivity index (χ1n) is 11.9. The van der Waals surface area contributed by atoms with Crippen molar-refractivity contribution >= 4 is 11.8 Å². The summed E-state index contributed by atoms with van der Waals surface area (Å²) in [5.74, 6) is 0.526. The summed E-state index contributed by atoms with van der Waals surface area (Å²) in [7, 11) is 0. The SMILES string of the molecule is O=C(NCC1(c2ccccc2)CCCC1)[C@H]1CC12CCN(C(=O)[C@H]1CCCO1)CC2. The number of rotatable bonds is 5. The van der Waals surface area contributed by atoms with E-state index < -0.39 is 0 Å². The van der Waals surface area contributed by atoms with E-state index in [0.29, 0.717) is 6.61 Å². The van der Waals surface area contributed by atoms with Crippen molar-refractivity contribution in [2.45, 2.75) is 69.3 Å². The molecule has 4 fully saturated rings. The molecule has 4 aliphatic rings. The van der Waals surface area contributed by atoms with Gasteiger partial charge in [-0.25, -0.2) is 0 Å². The third-order valence-corrected chi connectivity index (χ3v) is 8.33. The predicted octanol–water partition coefficient (Wildman–Crippen LogP) is 3.42. The number of carbonyl (C=O) groups excluding carboxylic acids is 2. The lowest BCUT2D eigenvalue weighted by Crippen LogP contribution is -2.45. The average molecular weight is 411 g/mol. The van der Waals surface area contributed by atoms with Crippen molar-refractivity contribution in [3.8, 4) is 0 Å². The van der Waals surface area contributed by atoms with Crippen molar-refractivity contribution in [1.82, 2.24) is 10.2 Å². The van der Waals surface area contributed by atoms with E-state index in [9.17, 15) is 9.59 Å². The summed E-state index contributed by atoms with van der Waals surface area (Å²) in [6.07, 6.45) is 9.31. The van der Waals surface area contributed by atoms with Gasteiger partial charge in [-0.3, -0.25) is 9.59 Å². The van der Waals surface area contributed by atoms with E-state index in [1.807, 2.05) is 4.90 Å². The zero-order valence-corrected chi connectivity index (χ0v) is 17.9. The van der Waals surface area contributed by atoms with Gasteiger partial charge in [-0.2, -0.15) is 0 Å². The Bertz CT molecular complexity index is 773. The largest absolute Gasteiger partial charge is 0.368 e. The van der Waals surface area contributed by atoms with Gasteiger partial charge in [0.15, 0.2) is 0 Å². The van der Waals surface area contributed by atoms with E-state index in [2.05, 4.69) is 35.6 Å². The molecular formula is C25H34N2O3. The number of hydrogen-bond acceptors (Lipinski definition) is 3. The minimum absolute atomic E-state index is 0.107. The zero-order valence-electron chi connectivity index (χ0n) is 17.9. The second-order valence-corrected chi connectivity index (χ2v) is 10.0. The zero-order chi connectivity index (χ0) is 20.6. The molecule has 2 aliphatic carbocycles. The molecule has 2 saturated carbocycles. The molecule has 2 aliphatic heterocycles. The molecule has 0 radical (unpaired) electrons. The minimum Gasteiger partial charge on any atom is -0.368 e. The van der Waals surface area contributed by atoms with Crippen molar-refractivity contribution in [3.05, 3.63) is 35.9 Å². The summed E-state index contributed by atoms with van der Waals surface area (Å²) >= 11 is 0. The summed E-state index contributed by atoms with van der Waals surface area (Å²) in [5.41, 5.74) is 1.61. The Morgan fingerprint density at radius 3 is 2.43 bits per heavy atom. The van der Waals surface area contributed by atoms with Crippen LogP contribution in [0.2, 0.25) is 0 Å². The highest BCUT2D eigenvalue weighted by Crippen LogP contribution is 2.59. The number of piperidine rings is 1. The number of nitrogens with zero attached hydrogens (tertiary/aromatic N) is 1. The number of amides is 2. The van der Waals surface area contributed by atoms with Crippen LogP contribution in [-0.2, 0) is 19.7 Å². The molecule has 0 bridgehead atoms. The highest BCUT2D eigenvalue weighted by molar-refractivity contribution is 5.83. The van der Waals surface area contributed by atoms with Crippen LogP contribution in [0.4, 0.5) is 0 Å². The standard InChI is InChI=1S/C25H34N2O3/c28-22(26-18-25(10-4-5-11-25)19-7-2-1-3-8-19)20-17-24(20)12-14-27(15-13-24)23(29)21-9-6-16-30-21/h1-3,7-8,20-21H,4-6,9-18H2,(H,26,28)/t20-,21-/m1/s1. The Balaban J connectivity index is 1.15. The summed E-state index contributed by atoms with van der Waals surface area (Å²) in [4.78, 5) is 27.6. The molecule has 5 heteroatoms. The molecule has 1 spiro atoms. The summed E-state index contributed by atoms with van der Waals surface area (Å²) < 4.78 is 5.57. The molecule has 1 N–H and O–H groups in total. The normalized spacial score (nSPS) is 29.1. The van der Waals surface area contributed by atoms with Crippen molar-refractivity contribution in [2.75, 3.05) is 26.2 Å². The van der Waals surface area contributed by atoms with Crippen molar-refractivity contribution in [1.29, 1.82) is 0 Å². The molecular weight excluding hydrogens is 376 g/mol. The van der Waals surface area contributed by atoms with E-state index in [1.54, 1.807) is 0 Å². The molecule has 0 aromatic heterocycles. The molecule has 1 aromatic rings. The number of ether oxygens (including phenoxy) is 1. The van der Waals surface area contributed by atoms with Crippen LogP contribution in [0.5, 0.6) is 0 Å². The van der Waals surface area contributed by atoms with E-state index in [-0.39, 0.29) is 34.7 Å². The second kappa shape index (κ2) is 7.99. The van der Waals surface area contributed by atoms with Crippen molar-refractivity contribution in [3.63, 3.8) is 0 Å². The summed E-state index contributed by atoms with van der Waals surface area (Å²) in [6, 6.07) is 10.7. The van der Waals surface area contributed by atoms with Gasteiger partial charge in [0.1, 0.15) is 6.10 Å². The van der Waals surface area contributed by atoms with Crippen LogP contribution in [0.15, 0.2) is 30.3 Å². The Kier molecular flexibility index (Phi) is 5.34. The number of likely N-dealkylation sites (tertiary alicyclic amines) is 1. The first-order valence-corrected chi connectivity index (χ1v) is 11.9. The van der Waals surface area contributed by atoms with Crippen LogP contribution >= 0.6 is 0 Å². The lowest BCUT2D eigenvalue weighted by Gasteiger charge is -2.34. The van der Waals surface area contributed by atoms with Crippen LogP contribution in [0, 0.1) is 11.3 Å². The van der Waals surface area contributed by atoms with Crippen LogP contribution in [0.25, 0.3) is 0 Å². The van der Waals surface area contributed by atoms with Gasteiger partial charge < -0.3 is 15.0 Å². The summed E-state index contributed by atoms with van der Waals surface area (Å²) in [6.45, 7) is 3.01. The Labute approximate surface area is 179 Å². The first kappa shape index (κ1) is 20.0. The van der Waals surface area contributed by atoms with Gasteiger partial charge in [-0.05, 0) is 55.9 Å². The fourth-order valence-corrected chi connectivity index (χ4v) is 6.21. The quantitative estimate of drug-likeness (QED) is 0.809. The first-order chi connectivity index (χ1) is 14.6. The van der Waals surface area contributed by atoms with Gasteiger partial charge in [0.2, 0.25) is 5.91 Å². The van der Waals surface area contributed by atoms with Gasteiger partial charge in [-0.1, -0.05) is 43.2 Å². The molecule has 2 amide bonds. The molecule has 2 saturated heterocycles. The van der Waals surface area contributed by atoms with E-state index in [0.717, 1.165) is 64.6 Å². The minimum atomic E-state index is -0.224. The van der Waals surface area contributed by atoms with Gasteiger partial charge in [0.05, 0.1) is 0 Å². The fraction of sp³-hybridized carbons (Fsp3) is 0.680. The lowest BCUT2D eigenvalue weighted by molar-refractivity contribution is -0.142. The smallest absolute Gasteiger partial charge is 0.251 e. The maximum Gasteiger partial charge on any atom is 0.251 e. The highest BCUT2D eigenvalue weighted by atomic mass is 16.5. The molecule has 30 heavy (non-hydrogen) atoms. The molecule has 2 atom stereocenters. The number of benzene rings is 1. The third-order valence-electron chi connectivity index (χ3n) is 8.33. The summed E-state index contributed by atoms with van der Waals surface area (Å²) in [5, 5.41) is 3.34. The maximum absolute atomic E-state index is 13.0. The van der Waals surface area contributed by atoms with Gasteiger partial charge >= 0.3 is 0 Å². The van der Waals surface area contributed by atoms with E-state index in [4.69, 9.17) is 4.74 Å². The van der Waals surface area contributed by atoms with Gasteiger partial charge in [0, 0.05) is 37.6 Å². The lowest BCUT2D eigenvalue weighted by atomic mass is 9.78. The highest BCUT2D eigenvalue weighted by Gasteiger charge is 2.59. The number of hydrogen-bond donors (Lipinski definition) is 1. The fourth-order valence-electron chi connectivity index (χ4n) is 6.21. The van der Waals surface area contributed by atoms with Crippen molar-refractivity contribution in [2.24, 2.45) is 11.3 Å². The van der Waals surface area contributed by atoms with Crippen molar-refractivity contribution < 1.29 is 14.3 Å². The predicted molar refractivity (Wildman–Crippen MR) is 115 cm³/mol. The second-order valence-electron chi connectivity index (χ2n) is 10.0. The maximum atomic E-state index is 13.0. The van der Waals surface area contributed by atoms with E-state index in [1.165, 1.54) is 18.4 Å². The molecule has 1 aromatic carbocycles. The molecule has 5 nitrogen and oxygen atoms in total. The molecule has 2 heterocycles. The van der Waals surface area contributed by atoms with Crippen LogP contribution < -0.4 is 5.32 Å². The average Bonchev–Trinajstić information content (AvgIpc) is 3.19. The van der Waals surface area contributed by atoms with Gasteiger partial charge in [0.25, 0.3) is 5.91 Å². The number of nitrogens with one attached hydrogen (secondary N) is 1. The van der Waals surface area contributed by atoms with Gasteiger partial charge in [-0.15, -0.1) is 0 Å². The Hall–Kier alpha value is -1.88. The van der Waals surface area contributed by atoms with Crippen LogP contribution in [0.1, 0.15) is 63.4 Å². The Morgan fingerprint density at radius 2 is 1.77 bits per heavy atom.